The van der Waals surface area contributed by atoms with Crippen LogP contribution >= 0.6 is 11.6 Å². The van der Waals surface area contributed by atoms with Crippen LogP contribution in [0.5, 0.6) is 0 Å². The number of nitrogens with two attached hydrogens (primary N) is 1. The number of amides is 2. The number of piperazine rings is 1. The molecule has 1 heterocycles. The van der Waals surface area contributed by atoms with E-state index in [4.69, 9.17) is 11.6 Å². The molecule has 1 aromatic rings. The average molecular weight is 397 g/mol. The van der Waals surface area contributed by atoms with Gasteiger partial charge in [0.25, 0.3) is 11.8 Å². The summed E-state index contributed by atoms with van der Waals surface area (Å²) in [5.74, 6) is 0.214. The van der Waals surface area contributed by atoms with Gasteiger partial charge in [-0.1, -0.05) is 29.8 Å². The Balaban J connectivity index is 1.73. The lowest BCUT2D eigenvalue weighted by atomic mass is 10.1. The van der Waals surface area contributed by atoms with Gasteiger partial charge in [-0.15, -0.1) is 0 Å². The van der Waals surface area contributed by atoms with Gasteiger partial charge < -0.3 is 20.4 Å². The third-order valence-electron chi connectivity index (χ3n) is 4.79. The minimum atomic E-state index is -0.206. The van der Waals surface area contributed by atoms with Gasteiger partial charge in [0.1, 0.15) is 6.04 Å². The fraction of sp³-hybridized carbons (Fsp3) is 0.600. The molecule has 7 heteroatoms. The number of benzene rings is 1. The predicted molar refractivity (Wildman–Crippen MR) is 107 cm³/mol. The van der Waals surface area contributed by atoms with Crippen molar-refractivity contribution in [3.8, 4) is 0 Å². The van der Waals surface area contributed by atoms with Crippen LogP contribution in [0.4, 0.5) is 0 Å². The Bertz CT molecular complexity index is 652. The van der Waals surface area contributed by atoms with Crippen molar-refractivity contribution in [2.45, 2.75) is 39.3 Å². The molecule has 0 aromatic heterocycles. The van der Waals surface area contributed by atoms with Crippen molar-refractivity contribution >= 4 is 23.4 Å². The Morgan fingerprint density at radius 1 is 1.26 bits per heavy atom. The molecule has 0 aliphatic carbocycles. The van der Waals surface area contributed by atoms with E-state index in [-0.39, 0.29) is 23.4 Å². The van der Waals surface area contributed by atoms with Crippen LogP contribution in [0, 0.1) is 0 Å². The molecule has 6 nitrogen and oxygen atoms in total. The fourth-order valence-electron chi connectivity index (χ4n) is 3.32. The van der Waals surface area contributed by atoms with E-state index in [9.17, 15) is 9.59 Å². The van der Waals surface area contributed by atoms with E-state index in [1.807, 2.05) is 55.3 Å². The molecule has 27 heavy (non-hydrogen) atoms. The minimum Gasteiger partial charge on any atom is -0.347 e. The van der Waals surface area contributed by atoms with Crippen molar-refractivity contribution in [1.82, 2.24) is 10.2 Å². The number of halogens is 1. The second kappa shape index (κ2) is 9.53. The number of carbonyl (C=O) groups excluding carboxylic acids is 2. The lowest BCUT2D eigenvalue weighted by Crippen LogP contribution is -3.16. The summed E-state index contributed by atoms with van der Waals surface area (Å²) in [4.78, 5) is 27.7. The maximum Gasteiger partial charge on any atom is 0.278 e. The second-order valence-electron chi connectivity index (χ2n) is 8.36. The summed E-state index contributed by atoms with van der Waals surface area (Å²) in [6.07, 6.45) is 0. The molecular weight excluding hydrogens is 364 g/mol. The zero-order valence-electron chi connectivity index (χ0n) is 16.8. The van der Waals surface area contributed by atoms with Crippen LogP contribution in [0.2, 0.25) is 5.02 Å². The molecule has 1 aromatic carbocycles. The predicted octanol–water partition coefficient (Wildman–Crippen LogP) is -0.394. The highest BCUT2D eigenvalue weighted by molar-refractivity contribution is 6.31. The second-order valence-corrected chi connectivity index (χ2v) is 8.76. The van der Waals surface area contributed by atoms with Gasteiger partial charge in [0.05, 0.1) is 26.2 Å². The van der Waals surface area contributed by atoms with Crippen molar-refractivity contribution in [2.24, 2.45) is 0 Å². The monoisotopic (exact) mass is 396 g/mol. The van der Waals surface area contributed by atoms with Gasteiger partial charge in [-0.3, -0.25) is 9.59 Å². The van der Waals surface area contributed by atoms with Gasteiger partial charge >= 0.3 is 0 Å². The van der Waals surface area contributed by atoms with E-state index in [2.05, 4.69) is 12.2 Å². The molecule has 0 radical (unpaired) electrons. The normalized spacial score (nSPS) is 16.9. The standard InChI is InChI=1S/C20H31ClN4O2/c1-15(16-7-5-6-8-17(16)21)22-13-19(27)25-11-9-24(10-12-25)14-18(26)23-20(2,3)4/h5-8,15,22H,9-14H2,1-4H3,(H,23,26)/p+2/t15-/m1/s1. The van der Waals surface area contributed by atoms with Crippen molar-refractivity contribution < 1.29 is 19.8 Å². The molecule has 1 aliphatic rings. The summed E-state index contributed by atoms with van der Waals surface area (Å²) in [6, 6.07) is 7.88. The number of nitrogens with one attached hydrogen (secondary N) is 2. The van der Waals surface area contributed by atoms with Gasteiger partial charge in [-0.05, 0) is 33.8 Å². The number of rotatable bonds is 6. The smallest absolute Gasteiger partial charge is 0.278 e. The van der Waals surface area contributed by atoms with Crippen molar-refractivity contribution in [3.05, 3.63) is 34.9 Å². The molecule has 0 bridgehead atoms. The Morgan fingerprint density at radius 2 is 1.89 bits per heavy atom. The number of quaternary nitrogens is 2. The van der Waals surface area contributed by atoms with Gasteiger partial charge in [-0.2, -0.15) is 0 Å². The van der Waals surface area contributed by atoms with E-state index in [0.717, 1.165) is 23.7 Å². The molecule has 1 saturated heterocycles. The van der Waals surface area contributed by atoms with Crippen LogP contribution in [-0.2, 0) is 9.59 Å². The highest BCUT2D eigenvalue weighted by atomic mass is 35.5. The number of carbonyl (C=O) groups is 2. The van der Waals surface area contributed by atoms with Gasteiger partial charge in [0.2, 0.25) is 0 Å². The van der Waals surface area contributed by atoms with Crippen LogP contribution in [-0.4, -0.2) is 61.5 Å². The molecule has 1 fully saturated rings. The molecule has 150 valence electrons. The van der Waals surface area contributed by atoms with E-state index < -0.39 is 0 Å². The maximum absolute atomic E-state index is 12.5. The molecule has 4 N–H and O–H groups in total. The van der Waals surface area contributed by atoms with Gasteiger partial charge in [0.15, 0.2) is 13.1 Å². The zero-order valence-corrected chi connectivity index (χ0v) is 17.6. The highest BCUT2D eigenvalue weighted by Gasteiger charge is 2.27. The Kier molecular flexibility index (Phi) is 7.65. The van der Waals surface area contributed by atoms with Crippen LogP contribution in [0.1, 0.15) is 39.3 Å². The first-order chi connectivity index (χ1) is 12.7. The Hall–Kier alpha value is -1.63. The molecule has 2 amide bonds. The molecular formula is C20H33ClN4O2+2. The van der Waals surface area contributed by atoms with Gasteiger partial charge in [-0.25, -0.2) is 0 Å². The number of nitrogens with zero attached hydrogens (tertiary/aromatic N) is 1. The van der Waals surface area contributed by atoms with Crippen molar-refractivity contribution in [2.75, 3.05) is 39.3 Å². The van der Waals surface area contributed by atoms with Crippen LogP contribution in [0.25, 0.3) is 0 Å². The molecule has 0 saturated carbocycles. The molecule has 0 spiro atoms. The van der Waals surface area contributed by atoms with E-state index in [1.54, 1.807) is 0 Å². The molecule has 2 rings (SSSR count). The molecule has 0 unspecified atom stereocenters. The first kappa shape index (κ1) is 21.7. The first-order valence-electron chi connectivity index (χ1n) is 9.66. The summed E-state index contributed by atoms with van der Waals surface area (Å²) in [5.41, 5.74) is 0.841. The van der Waals surface area contributed by atoms with Crippen molar-refractivity contribution in [1.29, 1.82) is 0 Å². The SMILES string of the molecule is C[C@@H]([NH2+]CC(=O)N1CC[NH+](CC(=O)NC(C)(C)C)CC1)c1ccccc1Cl. The summed E-state index contributed by atoms with van der Waals surface area (Å²) in [6.45, 7) is 11.9. The maximum atomic E-state index is 12.5. The van der Waals surface area contributed by atoms with Crippen LogP contribution in [0.15, 0.2) is 24.3 Å². The largest absolute Gasteiger partial charge is 0.347 e. The summed E-state index contributed by atoms with van der Waals surface area (Å²) in [5, 5.41) is 5.76. The van der Waals surface area contributed by atoms with Crippen molar-refractivity contribution in [3.63, 3.8) is 0 Å². The van der Waals surface area contributed by atoms with E-state index >= 15 is 0 Å². The third kappa shape index (κ3) is 7.13. The topological polar surface area (TPSA) is 70.5 Å². The van der Waals surface area contributed by atoms with Crippen LogP contribution < -0.4 is 15.5 Å². The third-order valence-corrected chi connectivity index (χ3v) is 5.13. The quantitative estimate of drug-likeness (QED) is 0.612. The number of hydrogen-bond donors (Lipinski definition) is 3. The summed E-state index contributed by atoms with van der Waals surface area (Å²) >= 11 is 6.23. The molecule has 1 atom stereocenters. The van der Waals surface area contributed by atoms with Gasteiger partial charge in [0, 0.05) is 16.1 Å². The summed E-state index contributed by atoms with van der Waals surface area (Å²) in [7, 11) is 0. The lowest BCUT2D eigenvalue weighted by Gasteiger charge is -2.32. The lowest BCUT2D eigenvalue weighted by molar-refractivity contribution is -0.896. The minimum absolute atomic E-state index is 0.0687. The average Bonchev–Trinajstić information content (AvgIpc) is 2.58. The Morgan fingerprint density at radius 3 is 2.48 bits per heavy atom. The number of hydrogen-bond acceptors (Lipinski definition) is 2. The fourth-order valence-corrected chi connectivity index (χ4v) is 3.62. The van der Waals surface area contributed by atoms with E-state index in [0.29, 0.717) is 26.2 Å². The summed E-state index contributed by atoms with van der Waals surface area (Å²) < 4.78 is 0. The Labute approximate surface area is 167 Å². The zero-order chi connectivity index (χ0) is 20.0. The van der Waals surface area contributed by atoms with E-state index in [1.165, 1.54) is 4.90 Å². The highest BCUT2D eigenvalue weighted by Crippen LogP contribution is 2.19. The first-order valence-corrected chi connectivity index (χ1v) is 10.0. The van der Waals surface area contributed by atoms with Crippen LogP contribution in [0.3, 0.4) is 0 Å². The molecule has 1 aliphatic heterocycles.